The van der Waals surface area contributed by atoms with E-state index in [1.165, 1.54) is 0 Å². The first-order chi connectivity index (χ1) is 11.2. The highest BCUT2D eigenvalue weighted by Crippen LogP contribution is 2.28. The fourth-order valence-electron chi connectivity index (χ4n) is 3.14. The predicted molar refractivity (Wildman–Crippen MR) is 88.5 cm³/mol. The van der Waals surface area contributed by atoms with Gasteiger partial charge in [0, 0.05) is 12.6 Å². The Kier molecular flexibility index (Phi) is 6.57. The summed E-state index contributed by atoms with van der Waals surface area (Å²) in [4.78, 5) is 12.2. The molecule has 1 saturated carbocycles. The summed E-state index contributed by atoms with van der Waals surface area (Å²) in [6.07, 6.45) is 4.89. The van der Waals surface area contributed by atoms with Gasteiger partial charge in [0.15, 0.2) is 0 Å². The zero-order chi connectivity index (χ0) is 16.5. The fraction of sp³-hybridized carbons (Fsp3) is 0.556. The summed E-state index contributed by atoms with van der Waals surface area (Å²) in [5, 5.41) is 24.5. The Labute approximate surface area is 137 Å². The number of carbonyl (C=O) groups is 1. The number of aliphatic hydroxyl groups is 1. The van der Waals surface area contributed by atoms with Crippen LogP contribution in [0.15, 0.2) is 30.3 Å². The molecule has 2 rings (SSSR count). The van der Waals surface area contributed by atoms with Crippen molar-refractivity contribution in [3.63, 3.8) is 0 Å². The minimum atomic E-state index is -0.674. The zero-order valence-corrected chi connectivity index (χ0v) is 13.4. The van der Waals surface area contributed by atoms with E-state index in [0.29, 0.717) is 6.42 Å². The van der Waals surface area contributed by atoms with Gasteiger partial charge in [0.1, 0.15) is 5.54 Å². The summed E-state index contributed by atoms with van der Waals surface area (Å²) in [6.45, 7) is 0.309. The van der Waals surface area contributed by atoms with Crippen molar-refractivity contribution in [3.05, 3.63) is 35.9 Å². The van der Waals surface area contributed by atoms with E-state index < -0.39 is 5.54 Å². The SMILES string of the molecule is N#CC1(NC(=O)CNC(CCCO)c2ccccc2)CCCC1. The number of nitrogens with zero attached hydrogens (tertiary/aromatic N) is 1. The quantitative estimate of drug-likeness (QED) is 0.685. The maximum atomic E-state index is 12.2. The third-order valence-corrected chi connectivity index (χ3v) is 4.41. The molecule has 1 aromatic carbocycles. The molecule has 23 heavy (non-hydrogen) atoms. The third-order valence-electron chi connectivity index (χ3n) is 4.41. The lowest BCUT2D eigenvalue weighted by atomic mass is 9.99. The van der Waals surface area contributed by atoms with Crippen molar-refractivity contribution >= 4 is 5.91 Å². The first kappa shape index (κ1) is 17.5. The molecule has 0 bridgehead atoms. The highest BCUT2D eigenvalue weighted by atomic mass is 16.2. The van der Waals surface area contributed by atoms with Crippen molar-refractivity contribution < 1.29 is 9.90 Å². The number of rotatable bonds is 8. The van der Waals surface area contributed by atoms with Crippen LogP contribution < -0.4 is 10.6 Å². The molecule has 1 fully saturated rings. The number of nitrogens with one attached hydrogen (secondary N) is 2. The normalized spacial score (nSPS) is 17.4. The van der Waals surface area contributed by atoms with Gasteiger partial charge in [0.2, 0.25) is 5.91 Å². The summed E-state index contributed by atoms with van der Waals surface area (Å²) >= 11 is 0. The number of amides is 1. The highest BCUT2D eigenvalue weighted by molar-refractivity contribution is 5.79. The molecule has 1 unspecified atom stereocenters. The van der Waals surface area contributed by atoms with E-state index in [2.05, 4.69) is 16.7 Å². The molecule has 124 valence electrons. The van der Waals surface area contributed by atoms with Crippen molar-refractivity contribution in [1.82, 2.24) is 10.6 Å². The summed E-state index contributed by atoms with van der Waals surface area (Å²) in [6, 6.07) is 12.2. The van der Waals surface area contributed by atoms with E-state index in [0.717, 1.165) is 37.7 Å². The van der Waals surface area contributed by atoms with Gasteiger partial charge in [-0.3, -0.25) is 4.79 Å². The molecule has 5 nitrogen and oxygen atoms in total. The Hall–Kier alpha value is -1.90. The Bertz CT molecular complexity index is 533. The van der Waals surface area contributed by atoms with Crippen molar-refractivity contribution in [2.75, 3.05) is 13.2 Å². The van der Waals surface area contributed by atoms with Crippen LogP contribution in [0.1, 0.15) is 50.1 Å². The van der Waals surface area contributed by atoms with Gasteiger partial charge in [-0.25, -0.2) is 0 Å². The largest absolute Gasteiger partial charge is 0.396 e. The van der Waals surface area contributed by atoms with E-state index in [-0.39, 0.29) is 25.1 Å². The molecule has 1 amide bonds. The van der Waals surface area contributed by atoms with Crippen LogP contribution in [0.4, 0.5) is 0 Å². The molecular weight excluding hydrogens is 290 g/mol. The fourth-order valence-corrected chi connectivity index (χ4v) is 3.14. The molecule has 3 N–H and O–H groups in total. The van der Waals surface area contributed by atoms with Gasteiger partial charge in [0.25, 0.3) is 0 Å². The van der Waals surface area contributed by atoms with Crippen LogP contribution in [0.3, 0.4) is 0 Å². The monoisotopic (exact) mass is 315 g/mol. The molecule has 1 aromatic rings. The zero-order valence-electron chi connectivity index (χ0n) is 13.4. The summed E-state index contributed by atoms with van der Waals surface area (Å²) < 4.78 is 0. The van der Waals surface area contributed by atoms with E-state index >= 15 is 0 Å². The van der Waals surface area contributed by atoms with Crippen molar-refractivity contribution in [2.45, 2.75) is 50.1 Å². The Morgan fingerprint density at radius 3 is 2.61 bits per heavy atom. The second kappa shape index (κ2) is 8.66. The van der Waals surface area contributed by atoms with Gasteiger partial charge >= 0.3 is 0 Å². The topological polar surface area (TPSA) is 85.2 Å². The minimum absolute atomic E-state index is 0.0238. The lowest BCUT2D eigenvalue weighted by Crippen LogP contribution is -2.48. The number of benzene rings is 1. The molecule has 0 saturated heterocycles. The Morgan fingerprint density at radius 2 is 2.00 bits per heavy atom. The Morgan fingerprint density at radius 1 is 1.30 bits per heavy atom. The van der Waals surface area contributed by atoms with Crippen molar-refractivity contribution in [3.8, 4) is 6.07 Å². The highest BCUT2D eigenvalue weighted by Gasteiger charge is 2.35. The predicted octanol–water partition coefficient (Wildman–Crippen LogP) is 2.04. The molecule has 0 aromatic heterocycles. The van der Waals surface area contributed by atoms with Gasteiger partial charge in [-0.2, -0.15) is 5.26 Å². The minimum Gasteiger partial charge on any atom is -0.396 e. The lowest BCUT2D eigenvalue weighted by molar-refractivity contribution is -0.121. The molecule has 0 aliphatic heterocycles. The molecule has 0 heterocycles. The summed E-state index contributed by atoms with van der Waals surface area (Å²) in [7, 11) is 0. The lowest BCUT2D eigenvalue weighted by Gasteiger charge is -2.24. The van der Waals surface area contributed by atoms with Crippen LogP contribution in [0.2, 0.25) is 0 Å². The number of hydrogen-bond donors (Lipinski definition) is 3. The van der Waals surface area contributed by atoms with Crippen LogP contribution in [-0.4, -0.2) is 29.7 Å². The van der Waals surface area contributed by atoms with Gasteiger partial charge in [-0.15, -0.1) is 0 Å². The van der Waals surface area contributed by atoms with Crippen molar-refractivity contribution in [2.24, 2.45) is 0 Å². The van der Waals surface area contributed by atoms with Crippen molar-refractivity contribution in [1.29, 1.82) is 5.26 Å². The van der Waals surface area contributed by atoms with Gasteiger partial charge in [0.05, 0.1) is 12.6 Å². The average Bonchev–Trinajstić information content (AvgIpc) is 3.05. The third kappa shape index (κ3) is 5.05. The van der Waals surface area contributed by atoms with Crippen LogP contribution in [0.25, 0.3) is 0 Å². The van der Waals surface area contributed by atoms with Crippen LogP contribution in [0, 0.1) is 11.3 Å². The van der Waals surface area contributed by atoms with E-state index in [4.69, 9.17) is 5.11 Å². The molecule has 1 aliphatic carbocycles. The number of aliphatic hydroxyl groups excluding tert-OH is 1. The molecule has 1 aliphatic rings. The van der Waals surface area contributed by atoms with E-state index in [1.807, 2.05) is 30.3 Å². The second-order valence-corrected chi connectivity index (χ2v) is 6.16. The van der Waals surface area contributed by atoms with Gasteiger partial charge in [-0.1, -0.05) is 30.3 Å². The van der Waals surface area contributed by atoms with Gasteiger partial charge in [-0.05, 0) is 44.1 Å². The standard InChI is InChI=1S/C18H25N3O2/c19-14-18(10-4-5-11-18)21-17(23)13-20-16(9-6-12-22)15-7-2-1-3-8-15/h1-3,7-8,16,20,22H,4-6,9-13H2,(H,21,23). The average molecular weight is 315 g/mol. The molecule has 1 atom stereocenters. The second-order valence-electron chi connectivity index (χ2n) is 6.16. The number of nitriles is 1. The van der Waals surface area contributed by atoms with Crippen LogP contribution >= 0.6 is 0 Å². The molecular formula is C18H25N3O2. The molecule has 0 radical (unpaired) electrons. The van der Waals surface area contributed by atoms with Crippen LogP contribution in [0.5, 0.6) is 0 Å². The summed E-state index contributed by atoms with van der Waals surface area (Å²) in [5.41, 5.74) is 0.427. The maximum absolute atomic E-state index is 12.2. The molecule has 5 heteroatoms. The van der Waals surface area contributed by atoms with Crippen LogP contribution in [-0.2, 0) is 4.79 Å². The van der Waals surface area contributed by atoms with E-state index in [1.54, 1.807) is 0 Å². The molecule has 0 spiro atoms. The van der Waals surface area contributed by atoms with E-state index in [9.17, 15) is 10.1 Å². The smallest absolute Gasteiger partial charge is 0.235 e. The maximum Gasteiger partial charge on any atom is 0.235 e. The number of hydrogen-bond acceptors (Lipinski definition) is 4. The number of carbonyl (C=O) groups excluding carboxylic acids is 1. The van der Waals surface area contributed by atoms with Gasteiger partial charge < -0.3 is 15.7 Å². The Balaban J connectivity index is 1.90. The first-order valence-corrected chi connectivity index (χ1v) is 8.30. The summed E-state index contributed by atoms with van der Waals surface area (Å²) in [5.74, 6) is -0.140. The first-order valence-electron chi connectivity index (χ1n) is 8.30.